The first kappa shape index (κ1) is 73.7. The number of aliphatic hydroxyl groups is 2. The second kappa shape index (κ2) is 33.8. The van der Waals surface area contributed by atoms with Gasteiger partial charge in [-0.1, -0.05) is 46.9 Å². The summed E-state index contributed by atoms with van der Waals surface area (Å²) in [6.45, 7) is 15.0. The number of carbonyl (C=O) groups excluding carboxylic acids is 4. The highest BCUT2D eigenvalue weighted by Gasteiger charge is 2.28. The number of benzene rings is 4. The Morgan fingerprint density at radius 1 is 0.515 bits per heavy atom. The number of ketones is 2. The number of thiazole rings is 2. The van der Waals surface area contributed by atoms with Crippen LogP contribution in [0.3, 0.4) is 0 Å². The van der Waals surface area contributed by atoms with Crippen LogP contribution in [0.15, 0.2) is 126 Å². The summed E-state index contributed by atoms with van der Waals surface area (Å²) in [6, 6.07) is 21.5. The van der Waals surface area contributed by atoms with Crippen molar-refractivity contribution in [3.05, 3.63) is 106 Å². The van der Waals surface area contributed by atoms with Gasteiger partial charge in [0.25, 0.3) is 32.1 Å². The molecule has 30 nitrogen and oxygen atoms in total. The fourth-order valence-corrected chi connectivity index (χ4v) is 14.0. The third kappa shape index (κ3) is 19.0. The number of para-hydroxylation sites is 2. The van der Waals surface area contributed by atoms with Gasteiger partial charge < -0.3 is 56.0 Å². The molecule has 2 amide bonds. The molecule has 99 heavy (non-hydrogen) atoms. The maximum absolute atomic E-state index is 13.9. The topological polar surface area (TPSA) is 396 Å². The molecule has 3 aromatic heterocycles. The van der Waals surface area contributed by atoms with Crippen LogP contribution in [0.1, 0.15) is 89.8 Å². The van der Waals surface area contributed by atoms with Gasteiger partial charge in [-0.2, -0.15) is 41.8 Å². The molecule has 2 aliphatic rings. The van der Waals surface area contributed by atoms with Crippen LogP contribution in [0.4, 0.5) is 85.2 Å². The lowest BCUT2D eigenvalue weighted by Crippen LogP contribution is -2.31. The summed E-state index contributed by atoms with van der Waals surface area (Å²) in [4.78, 5) is 88.1. The van der Waals surface area contributed by atoms with E-state index in [4.69, 9.17) is 35.1 Å². The lowest BCUT2D eigenvalue weighted by atomic mass is 10.1. The number of hydrogen-bond acceptors (Lipinski definition) is 28. The Labute approximate surface area is 581 Å². The van der Waals surface area contributed by atoms with E-state index in [0.717, 1.165) is 84.7 Å². The first-order chi connectivity index (χ1) is 47.5. The van der Waals surface area contributed by atoms with Crippen LogP contribution < -0.4 is 45.8 Å². The predicted octanol–water partition coefficient (Wildman–Crippen LogP) is 11.3. The molecule has 524 valence electrons. The van der Waals surface area contributed by atoms with Gasteiger partial charge in [-0.15, -0.1) is 20.5 Å². The number of hydrogen-bond donors (Lipinski definition) is 8. The molecule has 0 aliphatic carbocycles. The lowest BCUT2D eigenvalue weighted by molar-refractivity contribution is -0.120. The standard InChI is InChI=1S/C65H78N18O12S4/c1-7-79(8-2)43-25-27-47(75-77-64-70-57(81-29-17-11-18-30-81)53(96-64)39-45(41(5)86)59(88)66-49-21-13-15-23-55(49)98(90,91)92)51(37-43)68-61-72-62(74-63(73-61)83(33-35-84)34-36-85)69-52-38-44(80(9-3)10-4)26-28-48(52)76-78-65-71-58(82-31-19-12-20-32-82)54(97-65)40-46(42(6)87)60(89)67-50-22-14-16-24-56(50)99(93,94)95/h13-16,21-28,37-40,84-85H,7-12,17-20,29-36H2,1-6H3,(H,66,88)(H,67,89)(H,90,91,92)(H,93,94,95)(H2,68,69,72,73,74). The van der Waals surface area contributed by atoms with E-state index in [9.17, 15) is 55.3 Å². The first-order valence-corrected chi connectivity index (χ1v) is 36.6. The number of amides is 2. The average molecular weight is 1430 g/mol. The Morgan fingerprint density at radius 3 is 1.25 bits per heavy atom. The third-order valence-electron chi connectivity index (χ3n) is 16.0. The number of carbonyl (C=O) groups is 4. The molecule has 5 heterocycles. The number of rotatable bonds is 31. The highest BCUT2D eigenvalue weighted by Crippen LogP contribution is 2.41. The summed E-state index contributed by atoms with van der Waals surface area (Å²) in [7, 11) is -9.50. The number of nitrogens with zero attached hydrogens (tertiary/aromatic N) is 14. The van der Waals surface area contributed by atoms with Gasteiger partial charge in [-0.3, -0.25) is 28.3 Å². The molecule has 0 atom stereocenters. The van der Waals surface area contributed by atoms with Crippen molar-refractivity contribution in [3.63, 3.8) is 0 Å². The highest BCUT2D eigenvalue weighted by atomic mass is 32.2. The molecule has 2 fully saturated rings. The fraction of sp³-hybridized carbons (Fsp3) is 0.369. The van der Waals surface area contributed by atoms with Crippen molar-refractivity contribution in [1.29, 1.82) is 0 Å². The maximum Gasteiger partial charge on any atom is 0.296 e. The maximum atomic E-state index is 13.9. The van der Waals surface area contributed by atoms with Gasteiger partial charge in [0, 0.05) is 76.8 Å². The largest absolute Gasteiger partial charge is 0.395 e. The van der Waals surface area contributed by atoms with Crippen LogP contribution in [-0.2, 0) is 39.4 Å². The average Bonchev–Trinajstić information content (AvgIpc) is 1.76. The number of nitrogens with one attached hydrogen (secondary N) is 4. The minimum Gasteiger partial charge on any atom is -0.395 e. The van der Waals surface area contributed by atoms with Crippen LogP contribution in [0.25, 0.3) is 12.2 Å². The van der Waals surface area contributed by atoms with Crippen LogP contribution in [0.2, 0.25) is 0 Å². The Kier molecular flexibility index (Phi) is 25.2. The van der Waals surface area contributed by atoms with Gasteiger partial charge in [0.15, 0.2) is 11.6 Å². The first-order valence-electron chi connectivity index (χ1n) is 32.1. The van der Waals surface area contributed by atoms with E-state index in [1.54, 1.807) is 17.0 Å². The molecule has 9 rings (SSSR count). The number of aromatic nitrogens is 5. The Balaban J connectivity index is 1.10. The van der Waals surface area contributed by atoms with E-state index in [-0.39, 0.29) is 76.9 Å². The molecule has 34 heteroatoms. The minimum absolute atomic E-state index is 0.00207. The van der Waals surface area contributed by atoms with Crippen molar-refractivity contribution in [2.24, 2.45) is 20.5 Å². The van der Waals surface area contributed by atoms with Gasteiger partial charge >= 0.3 is 0 Å². The smallest absolute Gasteiger partial charge is 0.296 e. The molecule has 2 aliphatic heterocycles. The monoisotopic (exact) mass is 1430 g/mol. The Hall–Kier alpha value is -9.55. The molecular weight excluding hydrogens is 1350 g/mol. The Bertz CT molecular complexity index is 4170. The number of Topliss-reactive ketones (excluding diaryl/α,β-unsaturated/α-hetero) is 2. The molecule has 4 aromatic carbocycles. The zero-order valence-corrected chi connectivity index (χ0v) is 58.7. The number of azo groups is 2. The van der Waals surface area contributed by atoms with Gasteiger partial charge in [0.2, 0.25) is 28.1 Å². The van der Waals surface area contributed by atoms with E-state index in [1.165, 1.54) is 62.4 Å². The SMILES string of the molecule is CCN(CC)c1ccc(N=Nc2nc(N3CCCCC3)c(C=C(C(C)=O)C(=O)Nc3ccccc3S(=O)(=O)O)s2)c(Nc2nc(Nc3cc(N(CC)CC)ccc3N=Nc3nc(N4CCCCC4)c(C=C(C(C)=O)C(=O)Nc4ccccc4S(=O)(=O)O)s3)nc(N(CCO)CCO)n2)c1. The number of aliphatic hydroxyl groups excluding tert-OH is 2. The highest BCUT2D eigenvalue weighted by molar-refractivity contribution is 7.86. The molecular formula is C65H78N18O12S4. The number of anilines is 11. The number of piperidine rings is 2. The van der Waals surface area contributed by atoms with Gasteiger partial charge in [0.1, 0.15) is 32.8 Å². The van der Waals surface area contributed by atoms with Crippen molar-refractivity contribution < 1.29 is 55.3 Å². The van der Waals surface area contributed by atoms with Crippen molar-refractivity contribution in [1.82, 2.24) is 24.9 Å². The molecule has 8 N–H and O–H groups in total. The van der Waals surface area contributed by atoms with Crippen molar-refractivity contribution in [2.45, 2.75) is 89.9 Å². The van der Waals surface area contributed by atoms with Crippen LogP contribution >= 0.6 is 22.7 Å². The van der Waals surface area contributed by atoms with Crippen molar-refractivity contribution in [2.75, 3.05) is 124 Å². The van der Waals surface area contributed by atoms with E-state index in [1.807, 2.05) is 61.8 Å². The molecule has 0 unspecified atom stereocenters. The van der Waals surface area contributed by atoms with Gasteiger partial charge in [-0.25, -0.2) is 0 Å². The second-order valence-electron chi connectivity index (χ2n) is 22.7. The third-order valence-corrected chi connectivity index (χ3v) is 19.6. The molecule has 0 bridgehead atoms. The van der Waals surface area contributed by atoms with Crippen LogP contribution in [-0.4, -0.2) is 163 Å². The summed E-state index contributed by atoms with van der Waals surface area (Å²) in [6.07, 6.45) is 8.18. The van der Waals surface area contributed by atoms with Crippen molar-refractivity contribution >= 4 is 164 Å². The summed E-state index contributed by atoms with van der Waals surface area (Å²) in [5, 5.41) is 51.3. The second-order valence-corrected chi connectivity index (χ2v) is 27.5. The van der Waals surface area contributed by atoms with Crippen molar-refractivity contribution in [3.8, 4) is 0 Å². The minimum atomic E-state index is -4.75. The summed E-state index contributed by atoms with van der Waals surface area (Å²) >= 11 is 2.14. The summed E-state index contributed by atoms with van der Waals surface area (Å²) in [5.41, 5.74) is 1.90. The van der Waals surface area contributed by atoms with Gasteiger partial charge in [-0.05, 0) is 153 Å². The predicted molar refractivity (Wildman–Crippen MR) is 385 cm³/mol. The molecule has 0 saturated carbocycles. The zero-order valence-electron chi connectivity index (χ0n) is 55.4. The molecule has 7 aromatic rings. The lowest BCUT2D eigenvalue weighted by Gasteiger charge is -2.27. The van der Waals surface area contributed by atoms with Crippen LogP contribution in [0, 0.1) is 0 Å². The van der Waals surface area contributed by atoms with E-state index in [0.29, 0.717) is 96.5 Å². The molecule has 0 spiro atoms. The quantitative estimate of drug-likeness (QED) is 0.00658. The summed E-state index contributed by atoms with van der Waals surface area (Å²) in [5.74, 6) is -2.12. The zero-order chi connectivity index (χ0) is 71.0. The summed E-state index contributed by atoms with van der Waals surface area (Å²) < 4.78 is 68.6. The van der Waals surface area contributed by atoms with E-state index < -0.39 is 53.4 Å². The fourth-order valence-electron chi connectivity index (χ4n) is 11.0. The van der Waals surface area contributed by atoms with Gasteiger partial charge in [0.05, 0.1) is 56.9 Å². The Morgan fingerprint density at radius 2 is 0.899 bits per heavy atom. The molecule has 2 saturated heterocycles. The van der Waals surface area contributed by atoms with E-state index >= 15 is 0 Å². The molecule has 0 radical (unpaired) electrons. The van der Waals surface area contributed by atoms with E-state index in [2.05, 4.69) is 41.3 Å². The van der Waals surface area contributed by atoms with Crippen LogP contribution in [0.5, 0.6) is 0 Å². The normalized spacial score (nSPS) is 14.0.